The Morgan fingerprint density at radius 1 is 1.04 bits per heavy atom. The van der Waals surface area contributed by atoms with Crippen molar-refractivity contribution in [1.29, 1.82) is 0 Å². The van der Waals surface area contributed by atoms with Crippen molar-refractivity contribution < 1.29 is 10.3 Å². The minimum absolute atomic E-state index is 0.127. The summed E-state index contributed by atoms with van der Waals surface area (Å²) >= 11 is 0. The van der Waals surface area contributed by atoms with E-state index in [4.69, 9.17) is 1.37 Å². The third kappa shape index (κ3) is 3.26. The number of fused-ring (bicyclic) bond motifs is 1. The summed E-state index contributed by atoms with van der Waals surface area (Å²) in [4.78, 5) is 0. The highest BCUT2D eigenvalue weighted by molar-refractivity contribution is 5.94. The van der Waals surface area contributed by atoms with Gasteiger partial charge in [0.2, 0.25) is 5.69 Å². The molecule has 0 saturated carbocycles. The van der Waals surface area contributed by atoms with Gasteiger partial charge >= 0.3 is 0 Å². The van der Waals surface area contributed by atoms with E-state index >= 15 is 0 Å². The fourth-order valence-corrected chi connectivity index (χ4v) is 4.14. The SMILES string of the molecule is [2H]c1c(C)[n+](C)c(-c2cc(C)c(F)c(C)c2C)c2ccc(C(CC)CC)cc12. The molecule has 0 atom stereocenters. The average molecular weight is 366 g/mol. The third-order valence-electron chi connectivity index (χ3n) is 6.17. The van der Waals surface area contributed by atoms with Crippen molar-refractivity contribution >= 4 is 10.8 Å². The average Bonchev–Trinajstić information content (AvgIpc) is 2.69. The smallest absolute Gasteiger partial charge is 0.206 e. The molecule has 2 heteroatoms. The van der Waals surface area contributed by atoms with E-state index in [0.717, 1.165) is 46.1 Å². The van der Waals surface area contributed by atoms with Crippen molar-refractivity contribution in [3.63, 3.8) is 0 Å². The molecule has 3 aromatic rings. The summed E-state index contributed by atoms with van der Waals surface area (Å²) in [5, 5.41) is 2.04. The third-order valence-corrected chi connectivity index (χ3v) is 6.17. The van der Waals surface area contributed by atoms with Crippen LogP contribution < -0.4 is 4.57 Å². The number of benzene rings is 2. The maximum atomic E-state index is 14.4. The monoisotopic (exact) mass is 365 g/mol. The standard InChI is InChI=1S/C25H31FN/c1-8-19(9-2)20-10-11-22-21(14-20)13-16(4)27(7)25(22)23-12-15(3)24(26)18(6)17(23)5/h10-14,19H,8-9H2,1-7H3/q+1/i13D. The summed E-state index contributed by atoms with van der Waals surface area (Å²) in [6, 6.07) is 9.08. The summed E-state index contributed by atoms with van der Waals surface area (Å²) in [5.41, 5.74) is 6.64. The van der Waals surface area contributed by atoms with Crippen LogP contribution in [-0.4, -0.2) is 0 Å². The van der Waals surface area contributed by atoms with Crippen LogP contribution in [0.5, 0.6) is 0 Å². The summed E-state index contributed by atoms with van der Waals surface area (Å²) < 4.78 is 25.2. The van der Waals surface area contributed by atoms with E-state index in [1.807, 2.05) is 40.8 Å². The molecule has 0 aliphatic heterocycles. The molecule has 1 heterocycles. The Morgan fingerprint density at radius 3 is 2.33 bits per heavy atom. The number of nitrogens with zero attached hydrogens (tertiary/aromatic N) is 1. The van der Waals surface area contributed by atoms with Gasteiger partial charge in [-0.15, -0.1) is 0 Å². The molecule has 142 valence electrons. The van der Waals surface area contributed by atoms with Crippen molar-refractivity contribution in [1.82, 2.24) is 0 Å². The van der Waals surface area contributed by atoms with E-state index in [1.165, 1.54) is 5.56 Å². The predicted octanol–water partition coefficient (Wildman–Crippen LogP) is 6.61. The lowest BCUT2D eigenvalue weighted by molar-refractivity contribution is -0.665. The van der Waals surface area contributed by atoms with Gasteiger partial charge in [-0.1, -0.05) is 26.0 Å². The van der Waals surface area contributed by atoms with Gasteiger partial charge in [0.15, 0.2) is 5.69 Å². The van der Waals surface area contributed by atoms with Gasteiger partial charge < -0.3 is 0 Å². The van der Waals surface area contributed by atoms with Crippen LogP contribution >= 0.6 is 0 Å². The zero-order valence-corrected chi connectivity index (χ0v) is 17.6. The van der Waals surface area contributed by atoms with Gasteiger partial charge in [-0.2, -0.15) is 4.57 Å². The van der Waals surface area contributed by atoms with Crippen LogP contribution in [0.15, 0.2) is 30.3 Å². The van der Waals surface area contributed by atoms with Crippen LogP contribution in [-0.2, 0) is 7.05 Å². The molecule has 0 radical (unpaired) electrons. The fourth-order valence-electron chi connectivity index (χ4n) is 4.14. The molecule has 0 unspecified atom stereocenters. The first-order chi connectivity index (χ1) is 13.2. The Balaban J connectivity index is 2.42. The van der Waals surface area contributed by atoms with Crippen LogP contribution in [0.3, 0.4) is 0 Å². The number of hydrogen-bond acceptors (Lipinski definition) is 0. The maximum Gasteiger partial charge on any atom is 0.220 e. The number of hydrogen-bond donors (Lipinski definition) is 0. The highest BCUT2D eigenvalue weighted by Gasteiger charge is 2.23. The number of aryl methyl sites for hydroxylation is 1. The van der Waals surface area contributed by atoms with Gasteiger partial charge in [0, 0.05) is 13.0 Å². The van der Waals surface area contributed by atoms with Crippen LogP contribution in [0.1, 0.15) is 61.9 Å². The van der Waals surface area contributed by atoms with Gasteiger partial charge in [-0.05, 0) is 79.3 Å². The Kier molecular flexibility index (Phi) is 4.99. The molecule has 0 bridgehead atoms. The number of rotatable bonds is 4. The van der Waals surface area contributed by atoms with E-state index in [9.17, 15) is 4.39 Å². The van der Waals surface area contributed by atoms with Crippen LogP contribution in [0.25, 0.3) is 22.0 Å². The predicted molar refractivity (Wildman–Crippen MR) is 113 cm³/mol. The van der Waals surface area contributed by atoms with E-state index in [1.54, 1.807) is 0 Å². The van der Waals surface area contributed by atoms with Gasteiger partial charge in [0.25, 0.3) is 0 Å². The Labute approximate surface area is 164 Å². The second-order valence-electron chi connectivity index (χ2n) is 7.74. The molecule has 0 amide bonds. The minimum atomic E-state index is -0.127. The Morgan fingerprint density at radius 2 is 1.70 bits per heavy atom. The zero-order chi connectivity index (χ0) is 20.7. The summed E-state index contributed by atoms with van der Waals surface area (Å²) in [7, 11) is 2.00. The van der Waals surface area contributed by atoms with Crippen LogP contribution in [0, 0.1) is 33.5 Å². The van der Waals surface area contributed by atoms with Crippen LogP contribution in [0.4, 0.5) is 4.39 Å². The van der Waals surface area contributed by atoms with Gasteiger partial charge in [-0.3, -0.25) is 0 Å². The molecule has 0 spiro atoms. The van der Waals surface area contributed by atoms with E-state index in [2.05, 4.69) is 36.6 Å². The molecule has 27 heavy (non-hydrogen) atoms. The fraction of sp³-hybridized carbons (Fsp3) is 0.400. The van der Waals surface area contributed by atoms with E-state index < -0.39 is 0 Å². The molecule has 1 aromatic heterocycles. The Hall–Kier alpha value is -2.22. The lowest BCUT2D eigenvalue weighted by Gasteiger charge is -2.16. The van der Waals surface area contributed by atoms with Gasteiger partial charge in [-0.25, -0.2) is 4.39 Å². The van der Waals surface area contributed by atoms with Gasteiger partial charge in [0.1, 0.15) is 12.9 Å². The summed E-state index contributed by atoms with van der Waals surface area (Å²) in [6.07, 6.45) is 2.19. The largest absolute Gasteiger partial charge is 0.220 e. The normalized spacial score (nSPS) is 12.1. The van der Waals surface area contributed by atoms with Gasteiger partial charge in [0.05, 0.1) is 12.3 Å². The zero-order valence-electron chi connectivity index (χ0n) is 18.6. The lowest BCUT2D eigenvalue weighted by Crippen LogP contribution is -2.35. The summed E-state index contributed by atoms with van der Waals surface area (Å²) in [6.45, 7) is 12.1. The number of aromatic nitrogens is 1. The molecular formula is C25H31FN+. The molecule has 0 aliphatic rings. The topological polar surface area (TPSA) is 3.88 Å². The first-order valence-corrected chi connectivity index (χ1v) is 9.92. The molecule has 0 N–H and O–H groups in total. The van der Waals surface area contributed by atoms with Crippen molar-refractivity contribution in [2.75, 3.05) is 0 Å². The van der Waals surface area contributed by atoms with Crippen molar-refractivity contribution in [3.05, 3.63) is 64.1 Å². The lowest BCUT2D eigenvalue weighted by atomic mass is 9.90. The minimum Gasteiger partial charge on any atom is -0.206 e. The molecule has 3 rings (SSSR count). The highest BCUT2D eigenvalue weighted by atomic mass is 19.1. The molecule has 0 fully saturated rings. The molecule has 0 aliphatic carbocycles. The van der Waals surface area contributed by atoms with Crippen molar-refractivity contribution in [2.24, 2.45) is 7.05 Å². The first kappa shape index (κ1) is 18.2. The van der Waals surface area contributed by atoms with Crippen molar-refractivity contribution in [3.8, 4) is 11.3 Å². The quantitative estimate of drug-likeness (QED) is 0.458. The van der Waals surface area contributed by atoms with E-state index in [-0.39, 0.29) is 5.82 Å². The number of halogens is 1. The van der Waals surface area contributed by atoms with E-state index in [0.29, 0.717) is 23.1 Å². The second kappa shape index (κ2) is 7.42. The molecule has 0 saturated heterocycles. The number of pyridine rings is 1. The first-order valence-electron chi connectivity index (χ1n) is 10.4. The van der Waals surface area contributed by atoms with Crippen LogP contribution in [0.2, 0.25) is 0 Å². The molecule has 2 aromatic carbocycles. The van der Waals surface area contributed by atoms with Crippen molar-refractivity contribution in [2.45, 2.75) is 60.3 Å². The summed E-state index contributed by atoms with van der Waals surface area (Å²) in [5.74, 6) is 0.386. The second-order valence-corrected chi connectivity index (χ2v) is 7.74. The molecular weight excluding hydrogens is 333 g/mol. The maximum absolute atomic E-state index is 14.4. The highest BCUT2D eigenvalue weighted by Crippen LogP contribution is 2.34. The Bertz CT molecular complexity index is 1060. The molecule has 1 nitrogen and oxygen atoms in total.